The molecule has 2 rings (SSSR count). The molecule has 2 aromatic rings. The highest BCUT2D eigenvalue weighted by Gasteiger charge is 2.24. The van der Waals surface area contributed by atoms with Gasteiger partial charge >= 0.3 is 12.1 Å². The Labute approximate surface area is 135 Å². The summed E-state index contributed by atoms with van der Waals surface area (Å²) in [5.41, 5.74) is 1.51. The SMILES string of the molecule is CCOC(=O)C(NC(=O)OCc1ccccc1)c1ccccc1. The number of amides is 1. The van der Waals surface area contributed by atoms with Gasteiger partial charge in [0, 0.05) is 0 Å². The smallest absolute Gasteiger partial charge is 0.408 e. The maximum atomic E-state index is 12.1. The average Bonchev–Trinajstić information content (AvgIpc) is 2.59. The monoisotopic (exact) mass is 313 g/mol. The number of alkyl carbamates (subject to hydrolysis) is 1. The summed E-state index contributed by atoms with van der Waals surface area (Å²) in [6, 6.07) is 17.3. The zero-order chi connectivity index (χ0) is 16.5. The molecule has 2 aromatic carbocycles. The van der Waals surface area contributed by atoms with Gasteiger partial charge in [-0.1, -0.05) is 60.7 Å². The molecule has 0 aliphatic heterocycles. The molecule has 23 heavy (non-hydrogen) atoms. The van der Waals surface area contributed by atoms with E-state index < -0.39 is 18.1 Å². The first-order valence-corrected chi connectivity index (χ1v) is 7.39. The van der Waals surface area contributed by atoms with Crippen molar-refractivity contribution in [3.05, 3.63) is 71.8 Å². The van der Waals surface area contributed by atoms with Crippen LogP contribution < -0.4 is 5.32 Å². The van der Waals surface area contributed by atoms with Gasteiger partial charge in [-0.25, -0.2) is 9.59 Å². The number of ether oxygens (including phenoxy) is 2. The molecule has 0 aliphatic rings. The van der Waals surface area contributed by atoms with E-state index in [0.717, 1.165) is 5.56 Å². The van der Waals surface area contributed by atoms with Crippen LogP contribution in [0.2, 0.25) is 0 Å². The standard InChI is InChI=1S/C18H19NO4/c1-2-22-17(20)16(15-11-7-4-8-12-15)19-18(21)23-13-14-9-5-3-6-10-14/h3-12,16H,2,13H2,1H3,(H,19,21). The van der Waals surface area contributed by atoms with Gasteiger partial charge in [0.25, 0.3) is 0 Å². The fourth-order valence-electron chi connectivity index (χ4n) is 2.03. The third-order valence-electron chi connectivity index (χ3n) is 3.13. The van der Waals surface area contributed by atoms with Crippen molar-refractivity contribution in [3.63, 3.8) is 0 Å². The summed E-state index contributed by atoms with van der Waals surface area (Å²) in [6.45, 7) is 2.09. The Bertz CT molecular complexity index is 628. The van der Waals surface area contributed by atoms with Crippen LogP contribution in [0.4, 0.5) is 4.79 Å². The maximum absolute atomic E-state index is 12.1. The predicted octanol–water partition coefficient (Wildman–Crippen LogP) is 3.22. The highest BCUT2D eigenvalue weighted by atomic mass is 16.6. The number of esters is 1. The number of hydrogen-bond acceptors (Lipinski definition) is 4. The molecule has 0 bridgehead atoms. The molecule has 0 aliphatic carbocycles. The first kappa shape index (κ1) is 16.5. The van der Waals surface area contributed by atoms with E-state index in [2.05, 4.69) is 5.32 Å². The highest BCUT2D eigenvalue weighted by molar-refractivity contribution is 5.82. The zero-order valence-electron chi connectivity index (χ0n) is 12.9. The van der Waals surface area contributed by atoms with Gasteiger partial charge in [-0.15, -0.1) is 0 Å². The lowest BCUT2D eigenvalue weighted by Gasteiger charge is -2.17. The van der Waals surface area contributed by atoms with Gasteiger partial charge in [0.05, 0.1) is 6.61 Å². The quantitative estimate of drug-likeness (QED) is 0.832. The Balaban J connectivity index is 1.99. The molecule has 5 nitrogen and oxygen atoms in total. The molecule has 1 unspecified atom stereocenters. The average molecular weight is 313 g/mol. The third-order valence-corrected chi connectivity index (χ3v) is 3.13. The molecule has 5 heteroatoms. The number of carbonyl (C=O) groups excluding carboxylic acids is 2. The van der Waals surface area contributed by atoms with Crippen molar-refractivity contribution in [1.29, 1.82) is 0 Å². The van der Waals surface area contributed by atoms with E-state index in [9.17, 15) is 9.59 Å². The van der Waals surface area contributed by atoms with Crippen molar-refractivity contribution >= 4 is 12.1 Å². The minimum atomic E-state index is -0.889. The number of nitrogens with one attached hydrogen (secondary N) is 1. The Morgan fingerprint density at radius 1 is 0.957 bits per heavy atom. The molecule has 1 amide bonds. The predicted molar refractivity (Wildman–Crippen MR) is 85.6 cm³/mol. The van der Waals surface area contributed by atoms with E-state index in [4.69, 9.17) is 9.47 Å². The van der Waals surface area contributed by atoms with Gasteiger partial charge < -0.3 is 14.8 Å². The summed E-state index contributed by atoms with van der Waals surface area (Å²) in [4.78, 5) is 24.0. The summed E-state index contributed by atoms with van der Waals surface area (Å²) in [5.74, 6) is -0.518. The van der Waals surface area contributed by atoms with Crippen LogP contribution in [0.1, 0.15) is 24.1 Å². The summed E-state index contributed by atoms with van der Waals surface area (Å²) >= 11 is 0. The normalized spacial score (nSPS) is 11.3. The fraction of sp³-hybridized carbons (Fsp3) is 0.222. The van der Waals surface area contributed by atoms with E-state index in [0.29, 0.717) is 5.56 Å². The van der Waals surface area contributed by atoms with Crippen LogP contribution in [0.25, 0.3) is 0 Å². The maximum Gasteiger partial charge on any atom is 0.408 e. The minimum absolute atomic E-state index is 0.136. The van der Waals surface area contributed by atoms with Crippen molar-refractivity contribution in [2.24, 2.45) is 0 Å². The summed E-state index contributed by atoms with van der Waals surface area (Å²) in [6.07, 6.45) is -0.671. The Hall–Kier alpha value is -2.82. The van der Waals surface area contributed by atoms with Gasteiger partial charge in [0.2, 0.25) is 0 Å². The molecule has 0 saturated heterocycles. The third kappa shape index (κ3) is 5.14. The molecule has 0 fully saturated rings. The first-order valence-electron chi connectivity index (χ1n) is 7.39. The highest BCUT2D eigenvalue weighted by Crippen LogP contribution is 2.15. The van der Waals surface area contributed by atoms with Gasteiger partial charge in [0.1, 0.15) is 6.61 Å². The molecule has 0 aromatic heterocycles. The molecule has 1 atom stereocenters. The van der Waals surface area contributed by atoms with Crippen LogP contribution in [-0.2, 0) is 20.9 Å². The van der Waals surface area contributed by atoms with Gasteiger partial charge in [-0.2, -0.15) is 0 Å². The van der Waals surface area contributed by atoms with Crippen LogP contribution in [-0.4, -0.2) is 18.7 Å². The van der Waals surface area contributed by atoms with Crippen molar-refractivity contribution in [2.75, 3.05) is 6.61 Å². The second kappa shape index (κ2) is 8.58. The second-order valence-electron chi connectivity index (χ2n) is 4.80. The first-order chi connectivity index (χ1) is 11.2. The van der Waals surface area contributed by atoms with Crippen molar-refractivity contribution in [1.82, 2.24) is 5.32 Å². The second-order valence-corrected chi connectivity index (χ2v) is 4.80. The van der Waals surface area contributed by atoms with E-state index in [1.807, 2.05) is 36.4 Å². The number of carbonyl (C=O) groups is 2. The summed E-state index contributed by atoms with van der Waals surface area (Å²) < 4.78 is 10.2. The van der Waals surface area contributed by atoms with Crippen LogP contribution in [0.3, 0.4) is 0 Å². The van der Waals surface area contributed by atoms with E-state index in [-0.39, 0.29) is 13.2 Å². The molecule has 0 saturated carbocycles. The fourth-order valence-corrected chi connectivity index (χ4v) is 2.03. The molecular weight excluding hydrogens is 294 g/mol. The number of benzene rings is 2. The molecule has 120 valence electrons. The lowest BCUT2D eigenvalue weighted by Crippen LogP contribution is -2.35. The number of hydrogen-bond donors (Lipinski definition) is 1. The summed E-state index contributed by atoms with van der Waals surface area (Å²) in [5, 5.41) is 2.55. The lowest BCUT2D eigenvalue weighted by molar-refractivity contribution is -0.145. The van der Waals surface area contributed by atoms with Crippen LogP contribution in [0, 0.1) is 0 Å². The minimum Gasteiger partial charge on any atom is -0.464 e. The number of rotatable bonds is 6. The Kier molecular flexibility index (Phi) is 6.17. The van der Waals surface area contributed by atoms with Crippen LogP contribution >= 0.6 is 0 Å². The Morgan fingerprint density at radius 3 is 2.17 bits per heavy atom. The topological polar surface area (TPSA) is 64.6 Å². The largest absolute Gasteiger partial charge is 0.464 e. The van der Waals surface area contributed by atoms with E-state index >= 15 is 0 Å². The molecule has 0 heterocycles. The molecule has 1 N–H and O–H groups in total. The lowest BCUT2D eigenvalue weighted by atomic mass is 10.1. The molecule has 0 spiro atoms. The van der Waals surface area contributed by atoms with Crippen molar-refractivity contribution in [2.45, 2.75) is 19.6 Å². The van der Waals surface area contributed by atoms with Crippen molar-refractivity contribution < 1.29 is 19.1 Å². The van der Waals surface area contributed by atoms with Gasteiger partial charge in [0.15, 0.2) is 6.04 Å². The summed E-state index contributed by atoms with van der Waals surface area (Å²) in [7, 11) is 0. The molecular formula is C18H19NO4. The van der Waals surface area contributed by atoms with Gasteiger partial charge in [-0.05, 0) is 18.1 Å². The van der Waals surface area contributed by atoms with Gasteiger partial charge in [-0.3, -0.25) is 0 Å². The zero-order valence-corrected chi connectivity index (χ0v) is 12.9. The van der Waals surface area contributed by atoms with Crippen LogP contribution in [0.5, 0.6) is 0 Å². The van der Waals surface area contributed by atoms with E-state index in [1.54, 1.807) is 31.2 Å². The Morgan fingerprint density at radius 2 is 1.57 bits per heavy atom. The van der Waals surface area contributed by atoms with Crippen LogP contribution in [0.15, 0.2) is 60.7 Å². The van der Waals surface area contributed by atoms with Crippen molar-refractivity contribution in [3.8, 4) is 0 Å². The molecule has 0 radical (unpaired) electrons. The van der Waals surface area contributed by atoms with E-state index in [1.165, 1.54) is 0 Å².